The van der Waals surface area contributed by atoms with E-state index in [1.54, 1.807) is 24.3 Å². The minimum Gasteiger partial charge on any atom is -0.491 e. The first-order valence-corrected chi connectivity index (χ1v) is 9.96. The van der Waals surface area contributed by atoms with E-state index in [0.717, 1.165) is 45.4 Å². The van der Waals surface area contributed by atoms with Crippen molar-refractivity contribution in [1.29, 1.82) is 0 Å². The number of aliphatic hydroxyl groups excluding tert-OH is 1. The molecule has 154 valence electrons. The maximum absolute atomic E-state index is 12.0. The smallest absolute Gasteiger partial charge is 0.317 e. The molecule has 0 saturated carbocycles. The SMILES string of the molecule is CC(=O)Nc1ccc(OCC(O)CN2CCC(N3CCCNC3=O)CC2)cc1. The summed E-state index contributed by atoms with van der Waals surface area (Å²) in [5.74, 6) is 0.539. The van der Waals surface area contributed by atoms with Gasteiger partial charge in [-0.05, 0) is 43.5 Å². The van der Waals surface area contributed by atoms with Crippen LogP contribution < -0.4 is 15.4 Å². The molecule has 3 N–H and O–H groups in total. The summed E-state index contributed by atoms with van der Waals surface area (Å²) in [6, 6.07) is 7.44. The number of aliphatic hydroxyl groups is 1. The summed E-state index contributed by atoms with van der Waals surface area (Å²) in [6.45, 7) is 5.60. The average Bonchev–Trinajstić information content (AvgIpc) is 2.68. The molecule has 1 aromatic rings. The summed E-state index contributed by atoms with van der Waals surface area (Å²) in [4.78, 5) is 27.2. The van der Waals surface area contributed by atoms with Gasteiger partial charge in [0.05, 0.1) is 0 Å². The fourth-order valence-electron chi connectivity index (χ4n) is 3.79. The number of nitrogens with zero attached hydrogens (tertiary/aromatic N) is 2. The number of likely N-dealkylation sites (tertiary alicyclic amines) is 1. The molecule has 8 heteroatoms. The number of ether oxygens (including phenoxy) is 1. The van der Waals surface area contributed by atoms with Crippen LogP contribution in [0.4, 0.5) is 10.5 Å². The van der Waals surface area contributed by atoms with Crippen molar-refractivity contribution in [3.05, 3.63) is 24.3 Å². The van der Waals surface area contributed by atoms with Crippen molar-refractivity contribution >= 4 is 17.6 Å². The number of anilines is 1. The zero-order chi connectivity index (χ0) is 19.9. The van der Waals surface area contributed by atoms with Crippen LogP contribution in [0.15, 0.2) is 24.3 Å². The highest BCUT2D eigenvalue weighted by Crippen LogP contribution is 2.19. The molecular formula is C20H30N4O4. The van der Waals surface area contributed by atoms with Gasteiger partial charge in [0.2, 0.25) is 5.91 Å². The highest BCUT2D eigenvalue weighted by Gasteiger charge is 2.29. The summed E-state index contributed by atoms with van der Waals surface area (Å²) in [5.41, 5.74) is 0.714. The first-order chi connectivity index (χ1) is 13.5. The highest BCUT2D eigenvalue weighted by atomic mass is 16.5. The van der Waals surface area contributed by atoms with Gasteiger partial charge in [-0.25, -0.2) is 4.79 Å². The molecule has 2 heterocycles. The molecule has 1 aromatic carbocycles. The van der Waals surface area contributed by atoms with E-state index in [4.69, 9.17) is 4.74 Å². The number of piperidine rings is 1. The number of carbonyl (C=O) groups excluding carboxylic acids is 2. The molecule has 3 rings (SSSR count). The molecule has 8 nitrogen and oxygen atoms in total. The van der Waals surface area contributed by atoms with E-state index in [-0.39, 0.29) is 18.5 Å². The van der Waals surface area contributed by atoms with Crippen molar-refractivity contribution in [3.63, 3.8) is 0 Å². The molecular weight excluding hydrogens is 360 g/mol. The van der Waals surface area contributed by atoms with Crippen molar-refractivity contribution < 1.29 is 19.4 Å². The van der Waals surface area contributed by atoms with Crippen molar-refractivity contribution in [2.24, 2.45) is 0 Å². The molecule has 0 radical (unpaired) electrons. The lowest BCUT2D eigenvalue weighted by atomic mass is 10.0. The first kappa shape index (κ1) is 20.4. The van der Waals surface area contributed by atoms with E-state index in [2.05, 4.69) is 15.5 Å². The maximum atomic E-state index is 12.0. The number of β-amino-alcohol motifs (C(OH)–C–C–N with tert-alkyl or cyclic N) is 1. The van der Waals surface area contributed by atoms with Gasteiger partial charge >= 0.3 is 6.03 Å². The van der Waals surface area contributed by atoms with Crippen LogP contribution in [0.1, 0.15) is 26.2 Å². The van der Waals surface area contributed by atoms with Gasteiger partial charge in [0, 0.05) is 51.4 Å². The van der Waals surface area contributed by atoms with E-state index < -0.39 is 6.10 Å². The van der Waals surface area contributed by atoms with Crippen molar-refractivity contribution in [1.82, 2.24) is 15.1 Å². The van der Waals surface area contributed by atoms with Crippen LogP contribution >= 0.6 is 0 Å². The summed E-state index contributed by atoms with van der Waals surface area (Å²) in [5, 5.41) is 15.9. The number of nitrogens with one attached hydrogen (secondary N) is 2. The largest absolute Gasteiger partial charge is 0.491 e. The van der Waals surface area contributed by atoms with Crippen LogP contribution in [0.3, 0.4) is 0 Å². The second-order valence-electron chi connectivity index (χ2n) is 7.48. The van der Waals surface area contributed by atoms with E-state index in [0.29, 0.717) is 24.0 Å². The van der Waals surface area contributed by atoms with Crippen LogP contribution in [0.25, 0.3) is 0 Å². The molecule has 0 bridgehead atoms. The molecule has 0 aromatic heterocycles. The third kappa shape index (κ3) is 5.84. The number of carbonyl (C=O) groups is 2. The Morgan fingerprint density at radius 3 is 2.64 bits per heavy atom. The van der Waals surface area contributed by atoms with Gasteiger partial charge < -0.3 is 30.3 Å². The molecule has 2 aliphatic rings. The summed E-state index contributed by atoms with van der Waals surface area (Å²) < 4.78 is 5.65. The van der Waals surface area contributed by atoms with Gasteiger partial charge in [0.25, 0.3) is 0 Å². The second kappa shape index (κ2) is 9.75. The average molecular weight is 390 g/mol. The number of rotatable bonds is 7. The number of benzene rings is 1. The molecule has 2 saturated heterocycles. The standard InChI is InChI=1S/C20H30N4O4/c1-15(25)22-16-3-5-19(6-4-16)28-14-18(26)13-23-11-7-17(8-12-23)24-10-2-9-21-20(24)27/h3-6,17-18,26H,2,7-14H2,1H3,(H,21,27)(H,22,25). The zero-order valence-electron chi connectivity index (χ0n) is 16.4. The maximum Gasteiger partial charge on any atom is 0.317 e. The van der Waals surface area contributed by atoms with Crippen LogP contribution in [0.5, 0.6) is 5.75 Å². The van der Waals surface area contributed by atoms with E-state index in [1.165, 1.54) is 6.92 Å². The monoisotopic (exact) mass is 390 g/mol. The molecule has 2 fully saturated rings. The number of urea groups is 1. The number of hydrogen-bond donors (Lipinski definition) is 3. The third-order valence-corrected chi connectivity index (χ3v) is 5.20. The molecule has 1 atom stereocenters. The molecule has 2 aliphatic heterocycles. The van der Waals surface area contributed by atoms with Gasteiger partial charge in [-0.3, -0.25) is 4.79 Å². The molecule has 1 unspecified atom stereocenters. The Hall–Kier alpha value is -2.32. The molecule has 3 amide bonds. The minimum absolute atomic E-state index is 0.0580. The first-order valence-electron chi connectivity index (χ1n) is 9.96. The second-order valence-corrected chi connectivity index (χ2v) is 7.48. The fraction of sp³-hybridized carbons (Fsp3) is 0.600. The number of hydrogen-bond acceptors (Lipinski definition) is 5. The quantitative estimate of drug-likeness (QED) is 0.652. The summed E-state index contributed by atoms with van der Waals surface area (Å²) >= 11 is 0. The summed E-state index contributed by atoms with van der Waals surface area (Å²) in [6.07, 6.45) is 2.30. The number of amides is 3. The Morgan fingerprint density at radius 1 is 1.29 bits per heavy atom. The van der Waals surface area contributed by atoms with Gasteiger partial charge in [-0.2, -0.15) is 0 Å². The van der Waals surface area contributed by atoms with Crippen LogP contribution in [-0.2, 0) is 4.79 Å². The van der Waals surface area contributed by atoms with Gasteiger partial charge in [0.1, 0.15) is 18.5 Å². The lowest BCUT2D eigenvalue weighted by Crippen LogP contribution is -2.54. The van der Waals surface area contributed by atoms with Gasteiger partial charge in [-0.15, -0.1) is 0 Å². The minimum atomic E-state index is -0.579. The Balaban J connectivity index is 1.37. The van der Waals surface area contributed by atoms with Crippen LogP contribution in [0.2, 0.25) is 0 Å². The normalized spacial score (nSPS) is 19.8. The third-order valence-electron chi connectivity index (χ3n) is 5.20. The van der Waals surface area contributed by atoms with Crippen molar-refractivity contribution in [2.75, 3.05) is 44.6 Å². The van der Waals surface area contributed by atoms with Crippen molar-refractivity contribution in [3.8, 4) is 5.75 Å². The molecule has 0 aliphatic carbocycles. The molecule has 0 spiro atoms. The van der Waals surface area contributed by atoms with Gasteiger partial charge in [-0.1, -0.05) is 0 Å². The van der Waals surface area contributed by atoms with Crippen LogP contribution in [-0.4, -0.2) is 78.3 Å². The van der Waals surface area contributed by atoms with E-state index in [9.17, 15) is 14.7 Å². The van der Waals surface area contributed by atoms with Crippen molar-refractivity contribution in [2.45, 2.75) is 38.3 Å². The zero-order valence-corrected chi connectivity index (χ0v) is 16.4. The lowest BCUT2D eigenvalue weighted by Gasteiger charge is -2.40. The van der Waals surface area contributed by atoms with E-state index in [1.807, 2.05) is 4.90 Å². The fourth-order valence-corrected chi connectivity index (χ4v) is 3.79. The van der Waals surface area contributed by atoms with E-state index >= 15 is 0 Å². The van der Waals surface area contributed by atoms with Crippen LogP contribution in [0, 0.1) is 0 Å². The Labute approximate surface area is 165 Å². The molecule has 28 heavy (non-hydrogen) atoms. The summed E-state index contributed by atoms with van der Waals surface area (Å²) in [7, 11) is 0. The Kier molecular flexibility index (Phi) is 7.11. The predicted molar refractivity (Wildman–Crippen MR) is 106 cm³/mol. The predicted octanol–water partition coefficient (Wildman–Crippen LogP) is 1.26. The lowest BCUT2D eigenvalue weighted by molar-refractivity contribution is -0.114. The topological polar surface area (TPSA) is 94.1 Å². The highest BCUT2D eigenvalue weighted by molar-refractivity contribution is 5.88. The Bertz CT molecular complexity index is 659. The van der Waals surface area contributed by atoms with Gasteiger partial charge in [0.15, 0.2) is 0 Å². The Morgan fingerprint density at radius 2 is 2.00 bits per heavy atom.